The molecule has 2 rings (SSSR count). The van der Waals surface area contributed by atoms with Crippen LogP contribution in [0.5, 0.6) is 0 Å². The largest absolute Gasteiger partial charge is 0.453 e. The Labute approximate surface area is 176 Å². The van der Waals surface area contributed by atoms with E-state index in [1.54, 1.807) is 42.5 Å². The molecule has 0 aliphatic heterocycles. The first-order chi connectivity index (χ1) is 14.3. The number of hydrogen-bond donors (Lipinski definition) is 1. The number of nitrogens with one attached hydrogen (secondary N) is 1. The fraction of sp³-hybridized carbons (Fsp3) is 0.250. The van der Waals surface area contributed by atoms with Crippen molar-refractivity contribution in [3.8, 4) is 6.07 Å². The van der Waals surface area contributed by atoms with Crippen molar-refractivity contribution < 1.29 is 19.1 Å². The van der Waals surface area contributed by atoms with Crippen LogP contribution in [-0.4, -0.2) is 24.3 Å². The van der Waals surface area contributed by atoms with Gasteiger partial charge in [0.1, 0.15) is 11.6 Å². The highest BCUT2D eigenvalue weighted by Crippen LogP contribution is 2.13. The molecule has 6 nitrogen and oxygen atoms in total. The molecule has 0 radical (unpaired) electrons. The van der Waals surface area contributed by atoms with E-state index in [1.807, 2.05) is 32.9 Å². The highest BCUT2D eigenvalue weighted by atomic mass is 16.5. The van der Waals surface area contributed by atoms with Gasteiger partial charge in [0.15, 0.2) is 12.4 Å². The number of nitriles is 1. The van der Waals surface area contributed by atoms with E-state index in [9.17, 15) is 19.6 Å². The predicted molar refractivity (Wildman–Crippen MR) is 115 cm³/mol. The monoisotopic (exact) mass is 404 g/mol. The van der Waals surface area contributed by atoms with Crippen LogP contribution in [0.1, 0.15) is 41.8 Å². The van der Waals surface area contributed by atoms with Crippen LogP contribution < -0.4 is 5.32 Å². The molecule has 2 aromatic rings. The maximum Gasteiger partial charge on any atom is 0.349 e. The number of esters is 1. The Morgan fingerprint density at radius 1 is 1.07 bits per heavy atom. The zero-order valence-electron chi connectivity index (χ0n) is 17.3. The topological polar surface area (TPSA) is 96.3 Å². The molecule has 0 saturated heterocycles. The van der Waals surface area contributed by atoms with Gasteiger partial charge in [-0.25, -0.2) is 4.79 Å². The molecule has 154 valence electrons. The van der Waals surface area contributed by atoms with Gasteiger partial charge in [-0.15, -0.1) is 0 Å². The average Bonchev–Trinajstić information content (AvgIpc) is 2.71. The minimum atomic E-state index is -0.857. The lowest BCUT2D eigenvalue weighted by molar-refractivity contribution is -0.137. The standard InChI is InChI=1S/C24H24N2O4/c1-16(2)12-23(28)26-21-10-8-19(9-11-21)22(27)15-30-24(29)20(14-25)13-18-6-4-17(3)5-7-18/h4-11,13,16H,12,15H2,1-3H3,(H,26,28)/b20-13+. The molecule has 0 bridgehead atoms. The molecule has 0 aromatic heterocycles. The van der Waals surface area contributed by atoms with Crippen LogP contribution in [-0.2, 0) is 14.3 Å². The van der Waals surface area contributed by atoms with Crippen molar-refractivity contribution in [2.45, 2.75) is 27.2 Å². The molecule has 0 unspecified atom stereocenters. The van der Waals surface area contributed by atoms with Crippen LogP contribution >= 0.6 is 0 Å². The second-order valence-electron chi connectivity index (χ2n) is 7.30. The number of benzene rings is 2. The second kappa shape index (κ2) is 10.7. The first-order valence-electron chi connectivity index (χ1n) is 9.57. The Bertz CT molecular complexity index is 981. The van der Waals surface area contributed by atoms with Gasteiger partial charge >= 0.3 is 5.97 Å². The number of anilines is 1. The summed E-state index contributed by atoms with van der Waals surface area (Å²) in [6.45, 7) is 5.36. The summed E-state index contributed by atoms with van der Waals surface area (Å²) in [6.07, 6.45) is 1.83. The number of nitrogens with zero attached hydrogens (tertiary/aromatic N) is 1. The fourth-order valence-corrected chi connectivity index (χ4v) is 2.58. The van der Waals surface area contributed by atoms with Gasteiger partial charge in [0.05, 0.1) is 0 Å². The smallest absolute Gasteiger partial charge is 0.349 e. The molecule has 1 N–H and O–H groups in total. The minimum absolute atomic E-state index is 0.0950. The molecule has 30 heavy (non-hydrogen) atoms. The molecule has 2 aromatic carbocycles. The van der Waals surface area contributed by atoms with E-state index in [0.717, 1.165) is 5.56 Å². The minimum Gasteiger partial charge on any atom is -0.453 e. The van der Waals surface area contributed by atoms with E-state index >= 15 is 0 Å². The van der Waals surface area contributed by atoms with E-state index < -0.39 is 18.4 Å². The third kappa shape index (κ3) is 7.02. The number of hydrogen-bond acceptors (Lipinski definition) is 5. The molecular weight excluding hydrogens is 380 g/mol. The number of ether oxygens (including phenoxy) is 1. The van der Waals surface area contributed by atoms with Crippen molar-refractivity contribution in [1.82, 2.24) is 0 Å². The molecule has 0 aliphatic rings. The number of carbonyl (C=O) groups is 3. The summed E-state index contributed by atoms with van der Waals surface area (Å²) < 4.78 is 5.00. The quantitative estimate of drug-likeness (QED) is 0.306. The molecule has 6 heteroatoms. The number of carbonyl (C=O) groups excluding carboxylic acids is 3. The van der Waals surface area contributed by atoms with Crippen molar-refractivity contribution in [3.05, 3.63) is 70.8 Å². The Morgan fingerprint density at radius 3 is 2.27 bits per heavy atom. The Kier molecular flexibility index (Phi) is 8.07. The van der Waals surface area contributed by atoms with Gasteiger partial charge in [0, 0.05) is 17.7 Å². The molecule has 0 aliphatic carbocycles. The molecule has 0 spiro atoms. The van der Waals surface area contributed by atoms with E-state index in [-0.39, 0.29) is 17.4 Å². The van der Waals surface area contributed by atoms with Crippen molar-refractivity contribution in [1.29, 1.82) is 5.26 Å². The first kappa shape index (κ1) is 22.6. The number of aryl methyl sites for hydroxylation is 1. The lowest BCUT2D eigenvalue weighted by Gasteiger charge is -2.08. The molecule has 0 heterocycles. The molecule has 0 saturated carbocycles. The van der Waals surface area contributed by atoms with E-state index in [4.69, 9.17) is 4.74 Å². The van der Waals surface area contributed by atoms with Crippen LogP contribution in [0.15, 0.2) is 54.1 Å². The van der Waals surface area contributed by atoms with E-state index in [1.165, 1.54) is 6.08 Å². The average molecular weight is 404 g/mol. The van der Waals surface area contributed by atoms with Crippen molar-refractivity contribution >= 4 is 29.4 Å². The number of ketones is 1. The summed E-state index contributed by atoms with van der Waals surface area (Å²) in [5, 5.41) is 12.0. The third-order valence-electron chi connectivity index (χ3n) is 4.15. The normalized spacial score (nSPS) is 11.0. The van der Waals surface area contributed by atoms with Gasteiger partial charge in [0.2, 0.25) is 5.91 Å². The third-order valence-corrected chi connectivity index (χ3v) is 4.15. The summed E-state index contributed by atoms with van der Waals surface area (Å²) in [4.78, 5) is 36.2. The highest BCUT2D eigenvalue weighted by molar-refractivity contribution is 6.02. The Balaban J connectivity index is 1.94. The Morgan fingerprint density at radius 2 is 1.70 bits per heavy atom. The number of amides is 1. The van der Waals surface area contributed by atoms with Gasteiger partial charge < -0.3 is 10.1 Å². The van der Waals surface area contributed by atoms with E-state index in [0.29, 0.717) is 23.2 Å². The summed E-state index contributed by atoms with van der Waals surface area (Å²) in [5.74, 6) is -1.11. The summed E-state index contributed by atoms with van der Waals surface area (Å²) in [5.41, 5.74) is 2.49. The Hall–Kier alpha value is -3.72. The fourth-order valence-electron chi connectivity index (χ4n) is 2.58. The van der Waals surface area contributed by atoms with Crippen LogP contribution in [0, 0.1) is 24.2 Å². The first-order valence-corrected chi connectivity index (χ1v) is 9.57. The lowest BCUT2D eigenvalue weighted by atomic mass is 10.1. The van der Waals surface area contributed by atoms with Crippen molar-refractivity contribution in [3.63, 3.8) is 0 Å². The van der Waals surface area contributed by atoms with Crippen molar-refractivity contribution in [2.24, 2.45) is 5.92 Å². The van der Waals surface area contributed by atoms with Gasteiger partial charge in [-0.05, 0) is 48.7 Å². The molecular formula is C24H24N2O4. The number of rotatable bonds is 8. The molecule has 1 amide bonds. The molecule has 0 fully saturated rings. The van der Waals surface area contributed by atoms with Crippen LogP contribution in [0.3, 0.4) is 0 Å². The maximum absolute atomic E-state index is 12.3. The summed E-state index contributed by atoms with van der Waals surface area (Å²) in [7, 11) is 0. The second-order valence-corrected chi connectivity index (χ2v) is 7.30. The van der Waals surface area contributed by atoms with Gasteiger partial charge in [0.25, 0.3) is 0 Å². The zero-order valence-corrected chi connectivity index (χ0v) is 17.3. The predicted octanol–water partition coefficient (Wildman–Crippen LogP) is 4.31. The summed E-state index contributed by atoms with van der Waals surface area (Å²) in [6, 6.07) is 15.4. The highest BCUT2D eigenvalue weighted by Gasteiger charge is 2.14. The molecule has 0 atom stereocenters. The van der Waals surface area contributed by atoms with Crippen LogP contribution in [0.4, 0.5) is 5.69 Å². The SMILES string of the molecule is Cc1ccc(/C=C(\C#N)C(=O)OCC(=O)c2ccc(NC(=O)CC(C)C)cc2)cc1. The zero-order chi connectivity index (χ0) is 22.1. The number of Topliss-reactive ketones (excluding diaryl/α,β-unsaturated/α-hetero) is 1. The van der Waals surface area contributed by atoms with E-state index in [2.05, 4.69) is 5.32 Å². The maximum atomic E-state index is 12.3. The lowest BCUT2D eigenvalue weighted by Crippen LogP contribution is -2.16. The van der Waals surface area contributed by atoms with Crippen molar-refractivity contribution in [2.75, 3.05) is 11.9 Å². The summed E-state index contributed by atoms with van der Waals surface area (Å²) >= 11 is 0. The van der Waals surface area contributed by atoms with Crippen LogP contribution in [0.2, 0.25) is 0 Å². The van der Waals surface area contributed by atoms with Gasteiger partial charge in [-0.2, -0.15) is 5.26 Å². The van der Waals surface area contributed by atoms with Crippen LogP contribution in [0.25, 0.3) is 6.08 Å². The van der Waals surface area contributed by atoms with Gasteiger partial charge in [-0.1, -0.05) is 43.7 Å². The van der Waals surface area contributed by atoms with Gasteiger partial charge in [-0.3, -0.25) is 9.59 Å².